The largest absolute Gasteiger partial charge is 0.463 e. The Morgan fingerprint density at radius 1 is 1.35 bits per heavy atom. The van der Waals surface area contributed by atoms with Crippen molar-refractivity contribution in [1.82, 2.24) is 0 Å². The lowest BCUT2D eigenvalue weighted by molar-refractivity contribution is -0.137. The Hall–Kier alpha value is -1.31. The second-order valence-corrected chi connectivity index (χ2v) is 9.66. The van der Waals surface area contributed by atoms with Crippen molar-refractivity contribution in [1.29, 1.82) is 0 Å². The zero-order valence-corrected chi connectivity index (χ0v) is 12.2. The van der Waals surface area contributed by atoms with Crippen LogP contribution in [0.25, 0.3) is 0 Å². The van der Waals surface area contributed by atoms with Crippen molar-refractivity contribution in [3.8, 4) is 0 Å². The predicted molar refractivity (Wildman–Crippen MR) is 75.5 cm³/mol. The summed E-state index contributed by atoms with van der Waals surface area (Å²) in [6, 6.07) is 0. The Balaban J connectivity index is 4.91. The van der Waals surface area contributed by atoms with E-state index in [9.17, 15) is 4.79 Å². The van der Waals surface area contributed by atoms with Crippen molar-refractivity contribution in [3.05, 3.63) is 41.8 Å². The van der Waals surface area contributed by atoms with Crippen LogP contribution in [0.3, 0.4) is 0 Å². The molecule has 0 aliphatic heterocycles. The molecule has 0 aromatic heterocycles. The smallest absolute Gasteiger partial charge is 0.330 e. The lowest BCUT2D eigenvalue weighted by Gasteiger charge is -2.15. The second kappa shape index (κ2) is 7.88. The van der Waals surface area contributed by atoms with Crippen LogP contribution in [0.1, 0.15) is 13.3 Å². The standard InChI is InChI=1S/C14H22O2Si/c1-6-8-9-10-13(17(3,4)5)11-12-14(15)16-7-2/h6,9,11-12H,1,7-8H2,2-5H3/b12-11+. The molecule has 0 saturated carbocycles. The van der Waals surface area contributed by atoms with Gasteiger partial charge in [0.2, 0.25) is 0 Å². The van der Waals surface area contributed by atoms with Gasteiger partial charge in [-0.3, -0.25) is 0 Å². The molecular formula is C14H22O2Si. The summed E-state index contributed by atoms with van der Waals surface area (Å²) in [5, 5.41) is 1.10. The predicted octanol–water partition coefficient (Wildman–Crippen LogP) is 3.64. The van der Waals surface area contributed by atoms with E-state index < -0.39 is 8.07 Å². The third-order valence-electron chi connectivity index (χ3n) is 2.02. The fraction of sp³-hybridized carbons (Fsp3) is 0.429. The molecule has 0 N–H and O–H groups in total. The van der Waals surface area contributed by atoms with Crippen molar-refractivity contribution in [2.24, 2.45) is 0 Å². The van der Waals surface area contributed by atoms with Gasteiger partial charge in [0.25, 0.3) is 0 Å². The lowest BCUT2D eigenvalue weighted by atomic mass is 10.4. The minimum atomic E-state index is -1.48. The van der Waals surface area contributed by atoms with E-state index in [1.54, 1.807) is 6.92 Å². The lowest BCUT2D eigenvalue weighted by Crippen LogP contribution is -2.22. The molecule has 0 bridgehead atoms. The van der Waals surface area contributed by atoms with Gasteiger partial charge in [-0.1, -0.05) is 25.7 Å². The van der Waals surface area contributed by atoms with Crippen LogP contribution in [0.5, 0.6) is 0 Å². The van der Waals surface area contributed by atoms with Gasteiger partial charge in [-0.15, -0.1) is 12.3 Å². The van der Waals surface area contributed by atoms with E-state index in [-0.39, 0.29) is 5.97 Å². The van der Waals surface area contributed by atoms with Gasteiger partial charge in [-0.25, -0.2) is 4.79 Å². The molecule has 0 aliphatic rings. The van der Waals surface area contributed by atoms with Gasteiger partial charge in [0.15, 0.2) is 0 Å². The fourth-order valence-electron chi connectivity index (χ4n) is 1.11. The number of hydrogen-bond acceptors (Lipinski definition) is 2. The Kier molecular flexibility index (Phi) is 7.27. The summed E-state index contributed by atoms with van der Waals surface area (Å²) in [6.07, 6.45) is 7.86. The third kappa shape index (κ3) is 7.56. The summed E-state index contributed by atoms with van der Waals surface area (Å²) in [4.78, 5) is 11.2. The molecule has 0 spiro atoms. The second-order valence-electron chi connectivity index (χ2n) is 4.62. The number of ether oxygens (including phenoxy) is 1. The van der Waals surface area contributed by atoms with E-state index >= 15 is 0 Å². The Bertz CT molecular complexity index is 353. The van der Waals surface area contributed by atoms with Crippen LogP contribution >= 0.6 is 0 Å². The van der Waals surface area contributed by atoms with Gasteiger partial charge in [0, 0.05) is 6.08 Å². The maximum absolute atomic E-state index is 11.2. The van der Waals surface area contributed by atoms with Crippen molar-refractivity contribution in [2.45, 2.75) is 33.0 Å². The first-order valence-electron chi connectivity index (χ1n) is 5.83. The topological polar surface area (TPSA) is 26.3 Å². The number of carbonyl (C=O) groups excluding carboxylic acids is 1. The van der Waals surface area contributed by atoms with Crippen molar-refractivity contribution in [2.75, 3.05) is 6.61 Å². The maximum atomic E-state index is 11.2. The van der Waals surface area contributed by atoms with Crippen LogP contribution < -0.4 is 0 Å². The van der Waals surface area contributed by atoms with Gasteiger partial charge in [0.1, 0.15) is 0 Å². The van der Waals surface area contributed by atoms with Gasteiger partial charge in [0.05, 0.1) is 14.7 Å². The summed E-state index contributed by atoms with van der Waals surface area (Å²) >= 11 is 0. The third-order valence-corrected chi connectivity index (χ3v) is 3.95. The Morgan fingerprint density at radius 2 is 2.00 bits per heavy atom. The van der Waals surface area contributed by atoms with E-state index in [1.165, 1.54) is 6.08 Å². The number of hydrogen-bond donors (Lipinski definition) is 0. The van der Waals surface area contributed by atoms with Crippen molar-refractivity contribution < 1.29 is 9.53 Å². The van der Waals surface area contributed by atoms with E-state index in [0.29, 0.717) is 6.61 Å². The van der Waals surface area contributed by atoms with Gasteiger partial charge in [-0.05, 0) is 30.7 Å². The highest BCUT2D eigenvalue weighted by molar-refractivity contribution is 6.83. The maximum Gasteiger partial charge on any atom is 0.330 e. The number of esters is 1. The monoisotopic (exact) mass is 250 g/mol. The summed E-state index contributed by atoms with van der Waals surface area (Å²) in [5.74, 6) is -0.297. The first kappa shape index (κ1) is 15.7. The van der Waals surface area contributed by atoms with Crippen LogP contribution in [0.2, 0.25) is 19.6 Å². The number of carbonyl (C=O) groups is 1. The molecule has 0 rings (SSSR count). The van der Waals surface area contributed by atoms with E-state index in [4.69, 9.17) is 4.74 Å². The highest BCUT2D eigenvalue weighted by Gasteiger charge is 2.17. The van der Waals surface area contributed by atoms with Crippen LogP contribution in [0, 0.1) is 0 Å². The molecule has 17 heavy (non-hydrogen) atoms. The molecule has 0 aromatic rings. The normalized spacial score (nSPS) is 10.8. The summed E-state index contributed by atoms with van der Waals surface area (Å²) in [7, 11) is -1.48. The van der Waals surface area contributed by atoms with Crippen LogP contribution in [-0.2, 0) is 9.53 Å². The molecule has 0 aliphatic carbocycles. The summed E-state index contributed by atoms with van der Waals surface area (Å²) < 4.78 is 4.85. The summed E-state index contributed by atoms with van der Waals surface area (Å²) in [6.45, 7) is 12.5. The van der Waals surface area contributed by atoms with Crippen molar-refractivity contribution >= 4 is 14.0 Å². The highest BCUT2D eigenvalue weighted by atomic mass is 28.3. The molecule has 0 aromatic carbocycles. The van der Waals surface area contributed by atoms with E-state index in [2.05, 4.69) is 32.0 Å². The molecule has 0 heterocycles. The SMILES string of the molecule is C=CCC=C=C(/C=C/C(=O)OCC)[Si](C)(C)C. The molecule has 0 saturated heterocycles. The fourth-order valence-corrected chi connectivity index (χ4v) is 2.23. The minimum Gasteiger partial charge on any atom is -0.463 e. The average molecular weight is 250 g/mol. The number of rotatable bonds is 6. The van der Waals surface area contributed by atoms with Crippen molar-refractivity contribution in [3.63, 3.8) is 0 Å². The molecule has 0 atom stereocenters. The van der Waals surface area contributed by atoms with Gasteiger partial charge in [-0.2, -0.15) is 0 Å². The Labute approximate surface area is 105 Å². The Morgan fingerprint density at radius 3 is 2.47 bits per heavy atom. The molecular weight excluding hydrogens is 228 g/mol. The molecule has 0 fully saturated rings. The summed E-state index contributed by atoms with van der Waals surface area (Å²) in [5.41, 5.74) is 3.25. The average Bonchev–Trinajstić information content (AvgIpc) is 2.21. The zero-order chi connectivity index (χ0) is 13.3. The van der Waals surface area contributed by atoms with E-state index in [0.717, 1.165) is 11.6 Å². The van der Waals surface area contributed by atoms with E-state index in [1.807, 2.05) is 18.2 Å². The highest BCUT2D eigenvalue weighted by Crippen LogP contribution is 2.14. The molecule has 0 amide bonds. The molecule has 0 radical (unpaired) electrons. The van der Waals surface area contributed by atoms with Crippen LogP contribution in [-0.4, -0.2) is 20.7 Å². The molecule has 3 heteroatoms. The first-order chi connectivity index (χ1) is 7.91. The minimum absolute atomic E-state index is 0.297. The number of allylic oxidation sites excluding steroid dienone is 3. The quantitative estimate of drug-likeness (QED) is 0.180. The molecule has 2 nitrogen and oxygen atoms in total. The zero-order valence-electron chi connectivity index (χ0n) is 11.2. The van der Waals surface area contributed by atoms with Gasteiger partial charge < -0.3 is 4.74 Å². The molecule has 0 unspecified atom stereocenters. The first-order valence-corrected chi connectivity index (χ1v) is 9.33. The van der Waals surface area contributed by atoms with Gasteiger partial charge >= 0.3 is 5.97 Å². The molecule has 94 valence electrons. The van der Waals surface area contributed by atoms with Crippen LogP contribution in [0.15, 0.2) is 41.8 Å². The van der Waals surface area contributed by atoms with Crippen LogP contribution in [0.4, 0.5) is 0 Å².